The van der Waals surface area contributed by atoms with Crippen LogP contribution < -0.4 is 21.1 Å². The number of aryl methyl sites for hydroxylation is 2. The van der Waals surface area contributed by atoms with Crippen molar-refractivity contribution in [2.75, 3.05) is 17.2 Å². The van der Waals surface area contributed by atoms with Gasteiger partial charge in [0.25, 0.3) is 0 Å². The molecule has 33 heavy (non-hydrogen) atoms. The van der Waals surface area contributed by atoms with E-state index in [0.717, 1.165) is 33.6 Å². The molecule has 0 atom stereocenters. The number of nitrogens with zero attached hydrogens (tertiary/aromatic N) is 3. The summed E-state index contributed by atoms with van der Waals surface area (Å²) in [5, 5.41) is 7.06. The van der Waals surface area contributed by atoms with Crippen LogP contribution in [0.25, 0.3) is 10.9 Å². The Morgan fingerprint density at radius 2 is 1.85 bits per heavy atom. The molecule has 2 aromatic heterocycles. The number of hydrogen-bond acceptors (Lipinski definition) is 7. The van der Waals surface area contributed by atoms with Crippen molar-refractivity contribution in [3.63, 3.8) is 0 Å². The molecule has 2 aromatic carbocycles. The number of fused-ring (bicyclic) bond motifs is 1. The van der Waals surface area contributed by atoms with Crippen molar-refractivity contribution in [1.82, 2.24) is 15.0 Å². The second kappa shape index (κ2) is 10.1. The number of ether oxygens (including phenoxy) is 1. The SMILES string of the molecule is Cc1ccc(Oc2ccc(Nc3ncnc4ccc(NC(=O)CCCN)cc34)cc2C)cn1. The number of anilines is 3. The van der Waals surface area contributed by atoms with Crippen LogP contribution in [-0.2, 0) is 4.79 Å². The first-order valence-electron chi connectivity index (χ1n) is 10.7. The van der Waals surface area contributed by atoms with Gasteiger partial charge in [0.2, 0.25) is 5.91 Å². The number of carbonyl (C=O) groups excluding carboxylic acids is 1. The third kappa shape index (κ3) is 5.61. The second-order valence-corrected chi connectivity index (χ2v) is 7.74. The summed E-state index contributed by atoms with van der Waals surface area (Å²) in [4.78, 5) is 25.1. The minimum absolute atomic E-state index is 0.0684. The number of benzene rings is 2. The van der Waals surface area contributed by atoms with E-state index in [1.807, 2.05) is 62.4 Å². The molecular weight excluding hydrogens is 416 g/mol. The van der Waals surface area contributed by atoms with Crippen LogP contribution in [0.2, 0.25) is 0 Å². The summed E-state index contributed by atoms with van der Waals surface area (Å²) < 4.78 is 5.96. The Bertz CT molecular complexity index is 1270. The number of pyridine rings is 1. The summed E-state index contributed by atoms with van der Waals surface area (Å²) in [6.07, 6.45) is 4.26. The van der Waals surface area contributed by atoms with Gasteiger partial charge in [-0.05, 0) is 80.9 Å². The van der Waals surface area contributed by atoms with Gasteiger partial charge in [0, 0.05) is 28.9 Å². The molecule has 4 aromatic rings. The largest absolute Gasteiger partial charge is 0.455 e. The number of nitrogens with two attached hydrogens (primary N) is 1. The smallest absolute Gasteiger partial charge is 0.224 e. The molecule has 0 unspecified atom stereocenters. The fraction of sp³-hybridized carbons (Fsp3) is 0.200. The summed E-state index contributed by atoms with van der Waals surface area (Å²) in [5.74, 6) is 2.02. The van der Waals surface area contributed by atoms with Crippen molar-refractivity contribution in [2.24, 2.45) is 5.73 Å². The molecule has 0 bridgehead atoms. The molecule has 8 heteroatoms. The summed E-state index contributed by atoms with van der Waals surface area (Å²) in [6.45, 7) is 4.40. The first kappa shape index (κ1) is 22.2. The van der Waals surface area contributed by atoms with E-state index in [4.69, 9.17) is 10.5 Å². The van der Waals surface area contributed by atoms with Crippen LogP contribution in [-0.4, -0.2) is 27.4 Å². The molecule has 0 aliphatic rings. The molecule has 2 heterocycles. The first-order valence-corrected chi connectivity index (χ1v) is 10.7. The number of aromatic nitrogens is 3. The molecule has 0 aliphatic carbocycles. The normalized spacial score (nSPS) is 10.8. The van der Waals surface area contributed by atoms with E-state index in [0.29, 0.717) is 36.6 Å². The molecule has 0 spiro atoms. The molecule has 0 saturated heterocycles. The Morgan fingerprint density at radius 3 is 2.61 bits per heavy atom. The fourth-order valence-electron chi connectivity index (χ4n) is 3.34. The lowest BCUT2D eigenvalue weighted by Gasteiger charge is -2.13. The minimum atomic E-state index is -0.0684. The molecule has 168 valence electrons. The molecular formula is C25H26N6O2. The number of hydrogen-bond donors (Lipinski definition) is 3. The maximum absolute atomic E-state index is 12.1. The standard InChI is InChI=1S/C25H26N6O2/c1-16-12-18(7-10-23(16)33-20-8-5-17(2)27-14-20)31-25-21-13-19(30-24(32)4-3-11-26)6-9-22(21)28-15-29-25/h5-10,12-15H,3-4,11,26H2,1-2H3,(H,30,32)(H,28,29,31). The van der Waals surface area contributed by atoms with Crippen LogP contribution in [0.15, 0.2) is 61.1 Å². The van der Waals surface area contributed by atoms with Gasteiger partial charge in [-0.2, -0.15) is 0 Å². The number of amides is 1. The lowest BCUT2D eigenvalue weighted by Crippen LogP contribution is -2.13. The van der Waals surface area contributed by atoms with Crippen molar-refractivity contribution >= 4 is 34.0 Å². The van der Waals surface area contributed by atoms with Crippen LogP contribution >= 0.6 is 0 Å². The van der Waals surface area contributed by atoms with Crippen LogP contribution in [0.1, 0.15) is 24.1 Å². The maximum Gasteiger partial charge on any atom is 0.224 e. The Hall–Kier alpha value is -4.04. The Balaban J connectivity index is 1.54. The highest BCUT2D eigenvalue weighted by molar-refractivity contribution is 5.97. The average molecular weight is 443 g/mol. The highest BCUT2D eigenvalue weighted by Crippen LogP contribution is 2.30. The number of rotatable bonds is 8. The fourth-order valence-corrected chi connectivity index (χ4v) is 3.34. The summed E-state index contributed by atoms with van der Waals surface area (Å²) >= 11 is 0. The van der Waals surface area contributed by atoms with E-state index in [2.05, 4.69) is 25.6 Å². The summed E-state index contributed by atoms with van der Waals surface area (Å²) in [5.41, 5.74) is 9.71. The van der Waals surface area contributed by atoms with Gasteiger partial charge >= 0.3 is 0 Å². The minimum Gasteiger partial charge on any atom is -0.455 e. The topological polar surface area (TPSA) is 115 Å². The van der Waals surface area contributed by atoms with Crippen molar-refractivity contribution in [1.29, 1.82) is 0 Å². The number of carbonyl (C=O) groups is 1. The van der Waals surface area contributed by atoms with Crippen molar-refractivity contribution < 1.29 is 9.53 Å². The van der Waals surface area contributed by atoms with Crippen molar-refractivity contribution in [2.45, 2.75) is 26.7 Å². The quantitative estimate of drug-likeness (QED) is 0.357. The highest BCUT2D eigenvalue weighted by atomic mass is 16.5. The molecule has 0 radical (unpaired) electrons. The molecule has 0 aliphatic heterocycles. The average Bonchev–Trinajstić information content (AvgIpc) is 2.81. The van der Waals surface area contributed by atoms with Gasteiger partial charge in [-0.1, -0.05) is 0 Å². The van der Waals surface area contributed by atoms with E-state index in [-0.39, 0.29) is 5.91 Å². The zero-order chi connectivity index (χ0) is 23.2. The summed E-state index contributed by atoms with van der Waals surface area (Å²) in [6, 6.07) is 15.2. The van der Waals surface area contributed by atoms with Crippen LogP contribution in [0, 0.1) is 13.8 Å². The lowest BCUT2D eigenvalue weighted by atomic mass is 10.1. The van der Waals surface area contributed by atoms with E-state index in [9.17, 15) is 4.79 Å². The molecule has 1 amide bonds. The molecule has 8 nitrogen and oxygen atoms in total. The van der Waals surface area contributed by atoms with Crippen LogP contribution in [0.4, 0.5) is 17.2 Å². The first-order chi connectivity index (χ1) is 16.0. The Kier molecular flexibility index (Phi) is 6.75. The molecule has 4 rings (SSSR count). The summed E-state index contributed by atoms with van der Waals surface area (Å²) in [7, 11) is 0. The van der Waals surface area contributed by atoms with Gasteiger partial charge in [-0.25, -0.2) is 9.97 Å². The van der Waals surface area contributed by atoms with E-state index < -0.39 is 0 Å². The highest BCUT2D eigenvalue weighted by Gasteiger charge is 2.09. The predicted octanol–water partition coefficient (Wildman–Crippen LogP) is 4.85. The third-order valence-electron chi connectivity index (χ3n) is 5.08. The maximum atomic E-state index is 12.1. The monoisotopic (exact) mass is 442 g/mol. The van der Waals surface area contributed by atoms with Gasteiger partial charge in [0.15, 0.2) is 0 Å². The van der Waals surface area contributed by atoms with E-state index >= 15 is 0 Å². The Labute approximate surface area is 192 Å². The van der Waals surface area contributed by atoms with E-state index in [1.54, 1.807) is 6.20 Å². The number of nitrogens with one attached hydrogen (secondary N) is 2. The molecule has 0 fully saturated rings. The predicted molar refractivity (Wildman–Crippen MR) is 130 cm³/mol. The zero-order valence-corrected chi connectivity index (χ0v) is 18.6. The second-order valence-electron chi connectivity index (χ2n) is 7.74. The van der Waals surface area contributed by atoms with Gasteiger partial charge in [-0.3, -0.25) is 9.78 Å². The zero-order valence-electron chi connectivity index (χ0n) is 18.6. The lowest BCUT2D eigenvalue weighted by molar-refractivity contribution is -0.116. The van der Waals surface area contributed by atoms with Crippen molar-refractivity contribution in [3.8, 4) is 11.5 Å². The Morgan fingerprint density at radius 1 is 1.00 bits per heavy atom. The van der Waals surface area contributed by atoms with Gasteiger partial charge in [0.1, 0.15) is 23.6 Å². The van der Waals surface area contributed by atoms with Crippen LogP contribution in [0.5, 0.6) is 11.5 Å². The van der Waals surface area contributed by atoms with Crippen LogP contribution in [0.3, 0.4) is 0 Å². The van der Waals surface area contributed by atoms with Gasteiger partial charge in [-0.15, -0.1) is 0 Å². The molecule has 0 saturated carbocycles. The van der Waals surface area contributed by atoms with Gasteiger partial charge < -0.3 is 21.1 Å². The van der Waals surface area contributed by atoms with E-state index in [1.165, 1.54) is 6.33 Å². The van der Waals surface area contributed by atoms with Gasteiger partial charge in [0.05, 0.1) is 11.7 Å². The molecule has 4 N–H and O–H groups in total. The van der Waals surface area contributed by atoms with Crippen molar-refractivity contribution in [3.05, 3.63) is 72.3 Å². The third-order valence-corrected chi connectivity index (χ3v) is 5.08.